The van der Waals surface area contributed by atoms with Gasteiger partial charge in [-0.1, -0.05) is 155 Å². The molecule has 0 aromatic rings. The highest BCUT2D eigenvalue weighted by Gasteiger charge is 2.07. The van der Waals surface area contributed by atoms with Crippen molar-refractivity contribution in [3.8, 4) is 0 Å². The Balaban J connectivity index is 3.61. The van der Waals surface area contributed by atoms with Crippen LogP contribution < -0.4 is 5.32 Å². The maximum Gasteiger partial charge on any atom is 0.305 e. The van der Waals surface area contributed by atoms with E-state index in [2.05, 4.69) is 24.1 Å². The molecule has 0 aliphatic heterocycles. The third-order valence-electron chi connectivity index (χ3n) is 9.41. The fourth-order valence-electron chi connectivity index (χ4n) is 6.22. The number of nitrogens with one attached hydrogen (secondary N) is 1. The van der Waals surface area contributed by atoms with Crippen LogP contribution in [0.2, 0.25) is 0 Å². The zero-order valence-corrected chi connectivity index (χ0v) is 32.0. The first-order valence-electron chi connectivity index (χ1n) is 20.8. The Morgan fingerprint density at radius 1 is 0.426 bits per heavy atom. The third-order valence-corrected chi connectivity index (χ3v) is 9.41. The number of ether oxygens (including phenoxy) is 2. The molecular weight excluding hydrogens is 584 g/mol. The average molecular weight is 667 g/mol. The van der Waals surface area contributed by atoms with Gasteiger partial charge in [-0.3, -0.25) is 9.59 Å². The van der Waals surface area contributed by atoms with Crippen molar-refractivity contribution in [1.82, 2.24) is 10.2 Å². The summed E-state index contributed by atoms with van der Waals surface area (Å²) in [5, 5.41) is 3.30. The van der Waals surface area contributed by atoms with Crippen LogP contribution in [0.5, 0.6) is 0 Å². The first-order chi connectivity index (χ1) is 23.1. The molecule has 47 heavy (non-hydrogen) atoms. The molecule has 0 saturated carbocycles. The van der Waals surface area contributed by atoms with E-state index in [4.69, 9.17) is 9.47 Å². The summed E-state index contributed by atoms with van der Waals surface area (Å²) in [6.45, 7) is 10.2. The van der Waals surface area contributed by atoms with Crippen LogP contribution in [0.1, 0.15) is 206 Å². The van der Waals surface area contributed by atoms with Crippen molar-refractivity contribution in [1.29, 1.82) is 0 Å². The van der Waals surface area contributed by atoms with E-state index in [1.807, 2.05) is 7.05 Å². The van der Waals surface area contributed by atoms with E-state index in [0.29, 0.717) is 26.1 Å². The van der Waals surface area contributed by atoms with Crippen LogP contribution in [0.25, 0.3) is 0 Å². The lowest BCUT2D eigenvalue weighted by molar-refractivity contribution is -0.144. The molecule has 6 heteroatoms. The molecule has 0 aliphatic carbocycles. The fourth-order valence-corrected chi connectivity index (χ4v) is 6.22. The fraction of sp³-hybridized carbons (Fsp3) is 0.951. The lowest BCUT2D eigenvalue weighted by Crippen LogP contribution is -2.32. The SMILES string of the molecule is CCCCCCCCCCCOC(=O)CCCCCCCN(CCCCCCCC(=O)OCCCCCCCCCCC)CCNC. The van der Waals surface area contributed by atoms with Crippen molar-refractivity contribution < 1.29 is 19.1 Å². The molecule has 0 fully saturated rings. The minimum absolute atomic E-state index is 0.00733. The molecule has 6 nitrogen and oxygen atoms in total. The Bertz CT molecular complexity index is 595. The number of unbranched alkanes of at least 4 members (excludes halogenated alkanes) is 24. The highest BCUT2D eigenvalue weighted by atomic mass is 16.5. The molecule has 0 aromatic carbocycles. The minimum Gasteiger partial charge on any atom is -0.466 e. The van der Waals surface area contributed by atoms with Gasteiger partial charge in [0.05, 0.1) is 13.2 Å². The Morgan fingerprint density at radius 3 is 1.11 bits per heavy atom. The zero-order chi connectivity index (χ0) is 34.3. The highest BCUT2D eigenvalue weighted by molar-refractivity contribution is 5.69. The number of carbonyl (C=O) groups is 2. The summed E-state index contributed by atoms with van der Waals surface area (Å²) in [4.78, 5) is 26.6. The number of nitrogens with zero attached hydrogens (tertiary/aromatic N) is 1. The van der Waals surface area contributed by atoms with Crippen molar-refractivity contribution in [2.45, 2.75) is 206 Å². The normalized spacial score (nSPS) is 11.4. The van der Waals surface area contributed by atoms with E-state index in [0.717, 1.165) is 64.7 Å². The predicted molar refractivity (Wildman–Crippen MR) is 202 cm³/mol. The van der Waals surface area contributed by atoms with Crippen LogP contribution in [0.15, 0.2) is 0 Å². The van der Waals surface area contributed by atoms with Crippen molar-refractivity contribution in [3.63, 3.8) is 0 Å². The Kier molecular flexibility index (Phi) is 38.3. The standard InChI is InChI=1S/C41H82N2O4/c1-4-6-8-10-12-14-16-24-30-38-46-40(44)32-26-20-18-22-28-35-43(37-34-42-3)36-29-23-19-21-27-33-41(45)47-39-31-25-17-15-13-11-9-7-5-2/h42H,4-39H2,1-3H3. The number of rotatable bonds is 39. The molecular formula is C41H82N2O4. The van der Waals surface area contributed by atoms with E-state index >= 15 is 0 Å². The monoisotopic (exact) mass is 667 g/mol. The topological polar surface area (TPSA) is 67.9 Å². The molecule has 0 atom stereocenters. The summed E-state index contributed by atoms with van der Waals surface area (Å²) in [5.74, 6) is -0.0147. The van der Waals surface area contributed by atoms with Crippen LogP contribution in [0, 0.1) is 0 Å². The number of carbonyl (C=O) groups excluding carboxylic acids is 2. The largest absolute Gasteiger partial charge is 0.466 e. The first-order valence-corrected chi connectivity index (χ1v) is 20.8. The maximum absolute atomic E-state index is 12.0. The summed E-state index contributed by atoms with van der Waals surface area (Å²) in [5.41, 5.74) is 0. The van der Waals surface area contributed by atoms with Crippen LogP contribution in [-0.2, 0) is 19.1 Å². The molecule has 0 rings (SSSR count). The molecule has 0 heterocycles. The van der Waals surface area contributed by atoms with Gasteiger partial charge in [0.2, 0.25) is 0 Å². The van der Waals surface area contributed by atoms with Gasteiger partial charge >= 0.3 is 11.9 Å². The van der Waals surface area contributed by atoms with Gasteiger partial charge in [0, 0.05) is 25.9 Å². The van der Waals surface area contributed by atoms with Gasteiger partial charge in [0.25, 0.3) is 0 Å². The molecule has 0 saturated heterocycles. The van der Waals surface area contributed by atoms with Gasteiger partial charge in [-0.25, -0.2) is 0 Å². The second-order valence-electron chi connectivity index (χ2n) is 14.1. The lowest BCUT2D eigenvalue weighted by Gasteiger charge is -2.22. The molecule has 0 spiro atoms. The van der Waals surface area contributed by atoms with Gasteiger partial charge in [-0.2, -0.15) is 0 Å². The second kappa shape index (κ2) is 39.3. The molecule has 0 aliphatic rings. The molecule has 280 valence electrons. The third kappa shape index (κ3) is 37.5. The summed E-state index contributed by atoms with van der Waals surface area (Å²) < 4.78 is 10.9. The van der Waals surface area contributed by atoms with Gasteiger partial charge in [0.1, 0.15) is 0 Å². The van der Waals surface area contributed by atoms with Gasteiger partial charge < -0.3 is 19.7 Å². The predicted octanol–water partition coefficient (Wildman–Crippen LogP) is 11.3. The van der Waals surface area contributed by atoms with Gasteiger partial charge in [-0.05, 0) is 58.7 Å². The van der Waals surface area contributed by atoms with E-state index in [1.165, 1.54) is 141 Å². The first kappa shape index (κ1) is 45.9. The summed E-state index contributed by atoms with van der Waals surface area (Å²) in [6, 6.07) is 0. The highest BCUT2D eigenvalue weighted by Crippen LogP contribution is 2.13. The van der Waals surface area contributed by atoms with Gasteiger partial charge in [0.15, 0.2) is 0 Å². The number of esters is 2. The lowest BCUT2D eigenvalue weighted by atomic mass is 10.1. The molecule has 0 bridgehead atoms. The summed E-state index contributed by atoms with van der Waals surface area (Å²) >= 11 is 0. The van der Waals surface area contributed by atoms with E-state index in [-0.39, 0.29) is 11.9 Å². The van der Waals surface area contributed by atoms with Crippen molar-refractivity contribution >= 4 is 11.9 Å². The molecule has 0 radical (unpaired) electrons. The number of hydrogen-bond acceptors (Lipinski definition) is 6. The van der Waals surface area contributed by atoms with Crippen LogP contribution >= 0.6 is 0 Å². The molecule has 0 unspecified atom stereocenters. The second-order valence-corrected chi connectivity index (χ2v) is 14.1. The Hall–Kier alpha value is -1.14. The quantitative estimate of drug-likeness (QED) is 0.0520. The maximum atomic E-state index is 12.0. The van der Waals surface area contributed by atoms with Crippen molar-refractivity contribution in [2.24, 2.45) is 0 Å². The smallest absolute Gasteiger partial charge is 0.305 e. The van der Waals surface area contributed by atoms with Crippen molar-refractivity contribution in [2.75, 3.05) is 46.4 Å². The Morgan fingerprint density at radius 2 is 0.745 bits per heavy atom. The van der Waals surface area contributed by atoms with E-state index in [9.17, 15) is 9.59 Å². The van der Waals surface area contributed by atoms with Crippen LogP contribution in [-0.4, -0.2) is 63.3 Å². The van der Waals surface area contributed by atoms with Gasteiger partial charge in [-0.15, -0.1) is 0 Å². The minimum atomic E-state index is -0.00733. The zero-order valence-electron chi connectivity index (χ0n) is 32.0. The van der Waals surface area contributed by atoms with Crippen LogP contribution in [0.3, 0.4) is 0 Å². The molecule has 0 amide bonds. The van der Waals surface area contributed by atoms with E-state index in [1.54, 1.807) is 0 Å². The Labute approximate surface area is 293 Å². The average Bonchev–Trinajstić information content (AvgIpc) is 3.07. The number of hydrogen-bond donors (Lipinski definition) is 1. The van der Waals surface area contributed by atoms with E-state index < -0.39 is 0 Å². The molecule has 1 N–H and O–H groups in total. The summed E-state index contributed by atoms with van der Waals surface area (Å²) in [6.07, 6.45) is 35.8. The molecule has 0 aromatic heterocycles. The van der Waals surface area contributed by atoms with Crippen molar-refractivity contribution in [3.05, 3.63) is 0 Å². The van der Waals surface area contributed by atoms with Crippen LogP contribution in [0.4, 0.5) is 0 Å². The number of likely N-dealkylation sites (N-methyl/N-ethyl adjacent to an activating group) is 1. The summed E-state index contributed by atoms with van der Waals surface area (Å²) in [7, 11) is 2.03.